The topological polar surface area (TPSA) is 81.1 Å². The van der Waals surface area contributed by atoms with Crippen LogP contribution >= 0.6 is 0 Å². The number of anilines is 1. The first-order chi connectivity index (χ1) is 13.7. The van der Waals surface area contributed by atoms with Gasteiger partial charge in [0.1, 0.15) is 42.1 Å². The highest BCUT2D eigenvalue weighted by Crippen LogP contribution is 2.30. The van der Waals surface area contributed by atoms with Crippen molar-refractivity contribution in [3.05, 3.63) is 54.7 Å². The zero-order valence-corrected chi connectivity index (χ0v) is 15.4. The van der Waals surface area contributed by atoms with Crippen LogP contribution in [0.15, 0.2) is 54.7 Å². The van der Waals surface area contributed by atoms with Gasteiger partial charge in [0.25, 0.3) is 5.91 Å². The first-order valence-corrected chi connectivity index (χ1v) is 8.91. The van der Waals surface area contributed by atoms with Gasteiger partial charge in [0.05, 0.1) is 13.7 Å². The van der Waals surface area contributed by atoms with E-state index < -0.39 is 0 Å². The Balaban J connectivity index is 1.49. The van der Waals surface area contributed by atoms with Crippen LogP contribution in [0.3, 0.4) is 0 Å². The van der Waals surface area contributed by atoms with Crippen molar-refractivity contribution < 1.29 is 24.1 Å². The second kappa shape index (κ2) is 7.74. The van der Waals surface area contributed by atoms with Crippen LogP contribution in [-0.4, -0.2) is 49.0 Å². The molecule has 28 heavy (non-hydrogen) atoms. The summed E-state index contributed by atoms with van der Waals surface area (Å²) in [6.45, 7) is 0.626. The first kappa shape index (κ1) is 18.1. The average Bonchev–Trinajstić information content (AvgIpc) is 2.73. The molecular formula is C21H20N2O5. The van der Waals surface area contributed by atoms with Crippen molar-refractivity contribution in [3.63, 3.8) is 0 Å². The molecule has 1 saturated heterocycles. The number of phenols is 1. The van der Waals surface area contributed by atoms with Gasteiger partial charge in [-0.15, -0.1) is 0 Å². The van der Waals surface area contributed by atoms with E-state index in [9.17, 15) is 9.90 Å². The maximum absolute atomic E-state index is 12.2. The highest BCUT2D eigenvalue weighted by atomic mass is 16.5. The van der Waals surface area contributed by atoms with Gasteiger partial charge in [0.15, 0.2) is 0 Å². The number of pyridine rings is 1. The van der Waals surface area contributed by atoms with Crippen molar-refractivity contribution >= 4 is 22.5 Å². The molecule has 1 aliphatic heterocycles. The molecule has 2 heterocycles. The van der Waals surface area contributed by atoms with E-state index in [1.165, 1.54) is 0 Å². The Hall–Kier alpha value is -3.32. The minimum atomic E-state index is -0.285. The molecule has 1 aliphatic rings. The van der Waals surface area contributed by atoms with Gasteiger partial charge in [-0.1, -0.05) is 6.07 Å². The maximum Gasteiger partial charge on any atom is 0.253 e. The van der Waals surface area contributed by atoms with Crippen LogP contribution in [0.4, 0.5) is 5.69 Å². The highest BCUT2D eigenvalue weighted by molar-refractivity contribution is 5.95. The summed E-state index contributed by atoms with van der Waals surface area (Å²) in [4.78, 5) is 18.3. The third-order valence-electron chi connectivity index (χ3n) is 4.63. The molecule has 1 atom stereocenters. The molecule has 1 aromatic heterocycles. The van der Waals surface area contributed by atoms with E-state index in [1.807, 2.05) is 18.2 Å². The van der Waals surface area contributed by atoms with E-state index in [1.54, 1.807) is 48.5 Å². The van der Waals surface area contributed by atoms with Crippen molar-refractivity contribution in [2.75, 3.05) is 31.8 Å². The lowest BCUT2D eigenvalue weighted by Gasteiger charge is -2.32. The molecule has 0 bridgehead atoms. The van der Waals surface area contributed by atoms with Crippen molar-refractivity contribution in [1.82, 2.24) is 4.98 Å². The summed E-state index contributed by atoms with van der Waals surface area (Å²) in [6, 6.07) is 14.0. The SMILES string of the molecule is COc1ccnc2c(OCC3CN(c4ccc(O)cc4)C(=O)CO3)cccc12. The molecule has 4 rings (SSSR count). The Kier molecular flexibility index (Phi) is 4.99. The fourth-order valence-electron chi connectivity index (χ4n) is 3.21. The number of phenolic OH excluding ortho intramolecular Hbond substituents is 1. The zero-order valence-electron chi connectivity index (χ0n) is 15.4. The second-order valence-electron chi connectivity index (χ2n) is 6.43. The van der Waals surface area contributed by atoms with E-state index in [0.29, 0.717) is 23.5 Å². The number of nitrogens with zero attached hydrogens (tertiary/aromatic N) is 2. The van der Waals surface area contributed by atoms with E-state index >= 15 is 0 Å². The number of amides is 1. The number of carbonyl (C=O) groups is 1. The third kappa shape index (κ3) is 3.57. The number of carbonyl (C=O) groups excluding carboxylic acids is 1. The lowest BCUT2D eigenvalue weighted by molar-refractivity contribution is -0.130. The van der Waals surface area contributed by atoms with Gasteiger partial charge in [-0.3, -0.25) is 9.78 Å². The number of aromatic hydroxyl groups is 1. The van der Waals surface area contributed by atoms with E-state index in [0.717, 1.165) is 11.1 Å². The van der Waals surface area contributed by atoms with Crippen LogP contribution < -0.4 is 14.4 Å². The molecule has 0 spiro atoms. The summed E-state index contributed by atoms with van der Waals surface area (Å²) >= 11 is 0. The molecule has 3 aromatic rings. The maximum atomic E-state index is 12.2. The van der Waals surface area contributed by atoms with E-state index in [-0.39, 0.29) is 31.0 Å². The van der Waals surface area contributed by atoms with Gasteiger partial charge >= 0.3 is 0 Å². The van der Waals surface area contributed by atoms with Gasteiger partial charge in [0.2, 0.25) is 0 Å². The smallest absolute Gasteiger partial charge is 0.253 e. The number of hydrogen-bond donors (Lipinski definition) is 1. The van der Waals surface area contributed by atoms with Crippen LogP contribution in [0, 0.1) is 0 Å². The van der Waals surface area contributed by atoms with Crippen molar-refractivity contribution in [3.8, 4) is 17.2 Å². The Bertz CT molecular complexity index is 990. The Morgan fingerprint density at radius 2 is 2.00 bits per heavy atom. The summed E-state index contributed by atoms with van der Waals surface area (Å²) in [5.74, 6) is 1.39. The van der Waals surface area contributed by atoms with E-state index in [4.69, 9.17) is 14.2 Å². The van der Waals surface area contributed by atoms with Gasteiger partial charge in [-0.05, 0) is 42.5 Å². The molecular weight excluding hydrogens is 360 g/mol. The monoisotopic (exact) mass is 380 g/mol. The Morgan fingerprint density at radius 1 is 1.18 bits per heavy atom. The molecule has 1 N–H and O–H groups in total. The lowest BCUT2D eigenvalue weighted by Crippen LogP contribution is -2.48. The molecule has 1 fully saturated rings. The number of fused-ring (bicyclic) bond motifs is 1. The number of morpholine rings is 1. The number of benzene rings is 2. The summed E-state index contributed by atoms with van der Waals surface area (Å²) in [6.07, 6.45) is 1.39. The molecule has 1 unspecified atom stereocenters. The van der Waals surface area contributed by atoms with Crippen molar-refractivity contribution in [2.24, 2.45) is 0 Å². The van der Waals surface area contributed by atoms with Gasteiger partial charge < -0.3 is 24.2 Å². The van der Waals surface area contributed by atoms with Crippen LogP contribution in [-0.2, 0) is 9.53 Å². The summed E-state index contributed by atoms with van der Waals surface area (Å²) in [5, 5.41) is 10.3. The Labute approximate surface area is 162 Å². The number of hydrogen-bond acceptors (Lipinski definition) is 6. The lowest BCUT2D eigenvalue weighted by atomic mass is 10.2. The number of methoxy groups -OCH3 is 1. The molecule has 7 heteroatoms. The molecule has 1 amide bonds. The molecule has 0 aliphatic carbocycles. The van der Waals surface area contributed by atoms with Gasteiger partial charge in [0, 0.05) is 17.3 Å². The van der Waals surface area contributed by atoms with Crippen LogP contribution in [0.2, 0.25) is 0 Å². The van der Waals surface area contributed by atoms with Crippen LogP contribution in [0.25, 0.3) is 10.9 Å². The number of para-hydroxylation sites is 1. The largest absolute Gasteiger partial charge is 0.508 e. The quantitative estimate of drug-likeness (QED) is 0.733. The van der Waals surface area contributed by atoms with Crippen LogP contribution in [0.5, 0.6) is 17.2 Å². The highest BCUT2D eigenvalue weighted by Gasteiger charge is 2.28. The van der Waals surface area contributed by atoms with Gasteiger partial charge in [-0.2, -0.15) is 0 Å². The minimum Gasteiger partial charge on any atom is -0.508 e. The Morgan fingerprint density at radius 3 is 2.79 bits per heavy atom. The zero-order chi connectivity index (χ0) is 19.5. The van der Waals surface area contributed by atoms with E-state index in [2.05, 4.69) is 4.98 Å². The number of ether oxygens (including phenoxy) is 3. The summed E-state index contributed by atoms with van der Waals surface area (Å²) < 4.78 is 17.0. The number of rotatable bonds is 5. The predicted octanol–water partition coefficient (Wildman–Crippen LogP) is 2.76. The molecule has 0 saturated carbocycles. The third-order valence-corrected chi connectivity index (χ3v) is 4.63. The molecule has 7 nitrogen and oxygen atoms in total. The molecule has 144 valence electrons. The van der Waals surface area contributed by atoms with Crippen molar-refractivity contribution in [2.45, 2.75) is 6.10 Å². The summed E-state index contributed by atoms with van der Waals surface area (Å²) in [7, 11) is 1.62. The fourth-order valence-corrected chi connectivity index (χ4v) is 3.21. The summed E-state index contributed by atoms with van der Waals surface area (Å²) in [5.41, 5.74) is 1.43. The normalized spacial score (nSPS) is 17.0. The first-order valence-electron chi connectivity index (χ1n) is 8.91. The van der Waals surface area contributed by atoms with Crippen LogP contribution in [0.1, 0.15) is 0 Å². The number of aromatic nitrogens is 1. The second-order valence-corrected chi connectivity index (χ2v) is 6.43. The molecule has 0 radical (unpaired) electrons. The minimum absolute atomic E-state index is 0.0173. The predicted molar refractivity (Wildman–Crippen MR) is 104 cm³/mol. The average molecular weight is 380 g/mol. The van der Waals surface area contributed by atoms with Gasteiger partial charge in [-0.25, -0.2) is 0 Å². The standard InChI is InChI=1S/C21H20N2O5/c1-26-18-9-10-22-21-17(18)3-2-4-19(21)28-12-16-11-23(20(25)13-27-16)14-5-7-15(24)8-6-14/h2-10,16,24H,11-13H2,1H3. The molecule has 2 aromatic carbocycles. The van der Waals surface area contributed by atoms with Crippen molar-refractivity contribution in [1.29, 1.82) is 0 Å². The fraction of sp³-hybridized carbons (Fsp3) is 0.238.